The lowest BCUT2D eigenvalue weighted by Gasteiger charge is -2.15. The summed E-state index contributed by atoms with van der Waals surface area (Å²) in [6.07, 6.45) is 0.702. The quantitative estimate of drug-likeness (QED) is 0.628. The van der Waals surface area contributed by atoms with E-state index in [1.807, 2.05) is 50.2 Å². The van der Waals surface area contributed by atoms with Crippen LogP contribution in [0.15, 0.2) is 47.6 Å². The average Bonchev–Trinajstić information content (AvgIpc) is 2.98. The van der Waals surface area contributed by atoms with E-state index in [4.69, 9.17) is 11.6 Å². The molecule has 0 bridgehead atoms. The Morgan fingerprint density at radius 2 is 2.12 bits per heavy atom. The highest BCUT2D eigenvalue weighted by atomic mass is 35.5. The van der Waals surface area contributed by atoms with Gasteiger partial charge in [-0.1, -0.05) is 48.5 Å². The van der Waals surface area contributed by atoms with Crippen molar-refractivity contribution >= 4 is 46.0 Å². The summed E-state index contributed by atoms with van der Waals surface area (Å²) in [6, 6.07) is 13.3. The number of nitrogens with one attached hydrogen (secondary N) is 2. The summed E-state index contributed by atoms with van der Waals surface area (Å²) in [5.74, 6) is -0.0478. The summed E-state index contributed by atoms with van der Waals surface area (Å²) >= 11 is 7.46. The number of imidazole rings is 1. The van der Waals surface area contributed by atoms with Crippen LogP contribution in [-0.2, 0) is 4.79 Å². The molecule has 1 heterocycles. The van der Waals surface area contributed by atoms with E-state index in [-0.39, 0.29) is 11.2 Å². The Labute approximate surface area is 150 Å². The van der Waals surface area contributed by atoms with Crippen LogP contribution in [0, 0.1) is 6.92 Å². The second-order valence-corrected chi connectivity index (χ2v) is 7.15. The number of nitrogens with zero attached hydrogens (tertiary/aromatic N) is 1. The molecule has 6 heteroatoms. The molecule has 1 aromatic heterocycles. The molecule has 3 rings (SSSR count). The Morgan fingerprint density at radius 1 is 1.33 bits per heavy atom. The van der Waals surface area contributed by atoms with E-state index >= 15 is 0 Å². The normalized spacial score (nSPS) is 12.3. The van der Waals surface area contributed by atoms with Gasteiger partial charge in [0.05, 0.1) is 16.3 Å². The van der Waals surface area contributed by atoms with Gasteiger partial charge in [-0.25, -0.2) is 4.98 Å². The van der Waals surface area contributed by atoms with Crippen LogP contribution in [0.3, 0.4) is 0 Å². The lowest BCUT2D eigenvalue weighted by Crippen LogP contribution is -2.25. The molecule has 0 spiro atoms. The summed E-state index contributed by atoms with van der Waals surface area (Å²) in [7, 11) is 0. The molecule has 0 fully saturated rings. The number of thioether (sulfide) groups is 1. The van der Waals surface area contributed by atoms with Crippen LogP contribution >= 0.6 is 23.4 Å². The molecule has 0 saturated carbocycles. The van der Waals surface area contributed by atoms with Crippen molar-refractivity contribution < 1.29 is 4.79 Å². The maximum absolute atomic E-state index is 12.6. The predicted octanol–water partition coefficient (Wildman–Crippen LogP) is 5.03. The predicted molar refractivity (Wildman–Crippen MR) is 101 cm³/mol. The lowest BCUT2D eigenvalue weighted by molar-refractivity contribution is -0.115. The highest BCUT2D eigenvalue weighted by molar-refractivity contribution is 8.00. The van der Waals surface area contributed by atoms with Gasteiger partial charge >= 0.3 is 0 Å². The number of fused-ring (bicyclic) bond motifs is 1. The number of aryl methyl sites for hydroxylation is 1. The van der Waals surface area contributed by atoms with Crippen LogP contribution in [0.4, 0.5) is 5.69 Å². The molecule has 2 aromatic carbocycles. The summed E-state index contributed by atoms with van der Waals surface area (Å²) in [6.45, 7) is 3.93. The molecule has 1 amide bonds. The maximum Gasteiger partial charge on any atom is 0.237 e. The van der Waals surface area contributed by atoms with E-state index in [1.54, 1.807) is 6.07 Å². The smallest absolute Gasteiger partial charge is 0.237 e. The number of hydrogen-bond acceptors (Lipinski definition) is 3. The number of H-pyrrole nitrogens is 1. The molecule has 124 valence electrons. The van der Waals surface area contributed by atoms with Crippen molar-refractivity contribution in [3.8, 4) is 0 Å². The highest BCUT2D eigenvalue weighted by Gasteiger charge is 2.20. The van der Waals surface area contributed by atoms with E-state index in [9.17, 15) is 4.79 Å². The molecule has 0 radical (unpaired) electrons. The van der Waals surface area contributed by atoms with Crippen molar-refractivity contribution in [3.63, 3.8) is 0 Å². The van der Waals surface area contributed by atoms with Gasteiger partial charge in [0, 0.05) is 10.7 Å². The number of aromatic nitrogens is 2. The third kappa shape index (κ3) is 3.74. The summed E-state index contributed by atoms with van der Waals surface area (Å²) in [4.78, 5) is 20.4. The van der Waals surface area contributed by atoms with E-state index in [1.165, 1.54) is 11.8 Å². The molecular weight excluding hydrogens is 342 g/mol. The molecule has 4 nitrogen and oxygen atoms in total. The largest absolute Gasteiger partial charge is 0.333 e. The monoisotopic (exact) mass is 359 g/mol. The molecule has 24 heavy (non-hydrogen) atoms. The molecule has 1 atom stereocenters. The van der Waals surface area contributed by atoms with Gasteiger partial charge in [0.2, 0.25) is 5.91 Å². The van der Waals surface area contributed by atoms with Crippen LogP contribution in [0.1, 0.15) is 18.9 Å². The number of hydrogen-bond donors (Lipinski definition) is 2. The number of carbonyl (C=O) groups is 1. The second-order valence-electron chi connectivity index (χ2n) is 5.52. The molecule has 0 aliphatic heterocycles. The number of aromatic amines is 1. The molecule has 0 aliphatic rings. The van der Waals surface area contributed by atoms with Gasteiger partial charge in [0.1, 0.15) is 0 Å². The third-order valence-electron chi connectivity index (χ3n) is 3.74. The van der Waals surface area contributed by atoms with Crippen LogP contribution in [-0.4, -0.2) is 21.1 Å². The molecule has 3 aromatic rings. The first kappa shape index (κ1) is 16.9. The van der Waals surface area contributed by atoms with Crippen molar-refractivity contribution in [1.29, 1.82) is 0 Å². The van der Waals surface area contributed by atoms with E-state index < -0.39 is 0 Å². The number of anilines is 1. The van der Waals surface area contributed by atoms with Crippen molar-refractivity contribution in [1.82, 2.24) is 9.97 Å². The molecule has 1 unspecified atom stereocenters. The van der Waals surface area contributed by atoms with E-state index in [0.717, 1.165) is 27.4 Å². The topological polar surface area (TPSA) is 57.8 Å². The number of rotatable bonds is 5. The van der Waals surface area contributed by atoms with Crippen LogP contribution < -0.4 is 5.32 Å². The minimum atomic E-state index is -0.232. The SMILES string of the molecule is CCC(Sc1nc2ccccc2[nH]1)C(=O)Nc1cc(Cl)ccc1C. The van der Waals surface area contributed by atoms with Gasteiger partial charge in [-0.2, -0.15) is 0 Å². The molecule has 0 aliphatic carbocycles. The van der Waals surface area contributed by atoms with Crippen LogP contribution in [0.5, 0.6) is 0 Å². The first-order chi connectivity index (χ1) is 11.6. The third-order valence-corrected chi connectivity index (χ3v) is 5.23. The van der Waals surface area contributed by atoms with E-state index in [2.05, 4.69) is 15.3 Å². The summed E-state index contributed by atoms with van der Waals surface area (Å²) in [5, 5.41) is 4.09. The number of benzene rings is 2. The van der Waals surface area contributed by atoms with Crippen molar-refractivity contribution in [2.24, 2.45) is 0 Å². The Kier molecular flexibility index (Phi) is 5.11. The Hall–Kier alpha value is -1.98. The lowest BCUT2D eigenvalue weighted by atomic mass is 10.2. The van der Waals surface area contributed by atoms with Crippen molar-refractivity contribution in [2.45, 2.75) is 30.7 Å². The minimum Gasteiger partial charge on any atom is -0.333 e. The first-order valence-electron chi connectivity index (χ1n) is 7.75. The number of amides is 1. The summed E-state index contributed by atoms with van der Waals surface area (Å²) in [5.41, 5.74) is 3.61. The van der Waals surface area contributed by atoms with Gasteiger partial charge in [-0.3, -0.25) is 4.79 Å². The van der Waals surface area contributed by atoms with Crippen LogP contribution in [0.2, 0.25) is 5.02 Å². The summed E-state index contributed by atoms with van der Waals surface area (Å²) < 4.78 is 0. The zero-order valence-electron chi connectivity index (χ0n) is 13.5. The molecular formula is C18H18ClN3OS. The van der Waals surface area contributed by atoms with Crippen molar-refractivity contribution in [3.05, 3.63) is 53.1 Å². The zero-order valence-corrected chi connectivity index (χ0v) is 15.0. The van der Waals surface area contributed by atoms with Gasteiger partial charge in [0.15, 0.2) is 5.16 Å². The standard InChI is InChI=1S/C18H18ClN3OS/c1-3-16(17(23)20-15-10-12(19)9-8-11(15)2)24-18-21-13-6-4-5-7-14(13)22-18/h4-10,16H,3H2,1-2H3,(H,20,23)(H,21,22). The Bertz CT molecular complexity index is 845. The fourth-order valence-corrected chi connectivity index (χ4v) is 3.48. The second kappa shape index (κ2) is 7.28. The van der Waals surface area contributed by atoms with Gasteiger partial charge in [-0.15, -0.1) is 0 Å². The Morgan fingerprint density at radius 3 is 2.88 bits per heavy atom. The number of halogens is 1. The van der Waals surface area contributed by atoms with Gasteiger partial charge in [0.25, 0.3) is 0 Å². The van der Waals surface area contributed by atoms with Gasteiger partial charge < -0.3 is 10.3 Å². The van der Waals surface area contributed by atoms with Crippen LogP contribution in [0.25, 0.3) is 11.0 Å². The molecule has 0 saturated heterocycles. The van der Waals surface area contributed by atoms with Crippen molar-refractivity contribution in [2.75, 3.05) is 5.32 Å². The Balaban J connectivity index is 1.75. The highest BCUT2D eigenvalue weighted by Crippen LogP contribution is 2.27. The van der Waals surface area contributed by atoms with Gasteiger partial charge in [-0.05, 0) is 43.2 Å². The zero-order chi connectivity index (χ0) is 17.1. The maximum atomic E-state index is 12.6. The number of carbonyl (C=O) groups excluding carboxylic acids is 1. The fraction of sp³-hybridized carbons (Fsp3) is 0.222. The molecule has 2 N–H and O–H groups in total. The van der Waals surface area contributed by atoms with E-state index in [0.29, 0.717) is 11.4 Å². The first-order valence-corrected chi connectivity index (χ1v) is 9.01. The minimum absolute atomic E-state index is 0.0478. The average molecular weight is 360 g/mol. The number of para-hydroxylation sites is 2. The fourth-order valence-electron chi connectivity index (χ4n) is 2.38.